The molecule has 0 saturated carbocycles. The van der Waals surface area contributed by atoms with Crippen LogP contribution in [0.5, 0.6) is 5.75 Å². The average Bonchev–Trinajstić information content (AvgIpc) is 2.52. The highest BCUT2D eigenvalue weighted by Crippen LogP contribution is 2.23. The van der Waals surface area contributed by atoms with Gasteiger partial charge in [0.15, 0.2) is 5.11 Å². The first-order valence-corrected chi connectivity index (χ1v) is 7.81. The van der Waals surface area contributed by atoms with Gasteiger partial charge >= 0.3 is 0 Å². The number of likely N-dealkylation sites (N-methyl/N-ethyl adjacent to an activating group) is 1. The Labute approximate surface area is 141 Å². The van der Waals surface area contributed by atoms with Crippen molar-refractivity contribution in [3.8, 4) is 5.75 Å². The summed E-state index contributed by atoms with van der Waals surface area (Å²) in [6.07, 6.45) is 0. The number of anilines is 1. The Bertz CT molecular complexity index is 634. The van der Waals surface area contributed by atoms with Crippen molar-refractivity contribution in [2.75, 3.05) is 25.5 Å². The largest absolute Gasteiger partial charge is 0.492 e. The van der Waals surface area contributed by atoms with Crippen LogP contribution in [0.25, 0.3) is 0 Å². The maximum atomic E-state index is 6.11. The SMILES string of the molecule is Cc1c(Cl)cccc1NC(=S)N(C)CCOc1ccccc1. The molecule has 0 saturated heterocycles. The molecule has 2 rings (SSSR count). The van der Waals surface area contributed by atoms with E-state index in [1.807, 2.05) is 67.4 Å². The number of hydrogen-bond acceptors (Lipinski definition) is 2. The van der Waals surface area contributed by atoms with Crippen molar-refractivity contribution in [3.63, 3.8) is 0 Å². The second-order valence-corrected chi connectivity index (χ2v) is 5.72. The maximum Gasteiger partial charge on any atom is 0.173 e. The van der Waals surface area contributed by atoms with Gasteiger partial charge in [0.1, 0.15) is 12.4 Å². The second-order valence-electron chi connectivity index (χ2n) is 4.93. The fourth-order valence-corrected chi connectivity index (χ4v) is 2.25. The van der Waals surface area contributed by atoms with E-state index in [-0.39, 0.29) is 0 Å². The molecule has 0 aliphatic rings. The zero-order chi connectivity index (χ0) is 15.9. The summed E-state index contributed by atoms with van der Waals surface area (Å²) < 4.78 is 5.67. The van der Waals surface area contributed by atoms with E-state index in [1.54, 1.807) is 0 Å². The van der Waals surface area contributed by atoms with Gasteiger partial charge in [-0.25, -0.2) is 0 Å². The third-order valence-electron chi connectivity index (χ3n) is 3.29. The molecule has 2 aromatic carbocycles. The first-order valence-electron chi connectivity index (χ1n) is 7.03. The number of halogens is 1. The Balaban J connectivity index is 1.83. The molecule has 0 aromatic heterocycles. The quantitative estimate of drug-likeness (QED) is 0.821. The smallest absolute Gasteiger partial charge is 0.173 e. The van der Waals surface area contributed by atoms with Crippen molar-refractivity contribution >= 4 is 34.6 Å². The molecule has 0 amide bonds. The predicted octanol–water partition coefficient (Wildman–Crippen LogP) is 4.36. The van der Waals surface area contributed by atoms with Crippen molar-refractivity contribution in [2.24, 2.45) is 0 Å². The molecule has 3 nitrogen and oxygen atoms in total. The Morgan fingerprint density at radius 3 is 2.64 bits per heavy atom. The van der Waals surface area contributed by atoms with Gasteiger partial charge in [0.05, 0.1) is 6.54 Å². The lowest BCUT2D eigenvalue weighted by Crippen LogP contribution is -2.34. The number of thiocarbonyl (C=S) groups is 1. The van der Waals surface area contributed by atoms with E-state index < -0.39 is 0 Å². The molecular formula is C17H19ClN2OS. The summed E-state index contributed by atoms with van der Waals surface area (Å²) in [7, 11) is 1.93. The molecule has 116 valence electrons. The molecule has 0 fully saturated rings. The summed E-state index contributed by atoms with van der Waals surface area (Å²) >= 11 is 11.5. The summed E-state index contributed by atoms with van der Waals surface area (Å²) in [5.74, 6) is 0.862. The number of nitrogens with one attached hydrogen (secondary N) is 1. The summed E-state index contributed by atoms with van der Waals surface area (Å²) in [4.78, 5) is 1.94. The molecule has 2 aromatic rings. The number of hydrogen-bond donors (Lipinski definition) is 1. The number of ether oxygens (including phenoxy) is 1. The number of benzene rings is 2. The summed E-state index contributed by atoms with van der Waals surface area (Å²) in [5, 5.41) is 4.58. The van der Waals surface area contributed by atoms with E-state index in [0.29, 0.717) is 18.3 Å². The van der Waals surface area contributed by atoms with Crippen LogP contribution in [0.1, 0.15) is 5.56 Å². The standard InChI is InChI=1S/C17H19ClN2OS/c1-13-15(18)9-6-10-16(13)19-17(22)20(2)11-12-21-14-7-4-3-5-8-14/h3-10H,11-12H2,1-2H3,(H,19,22). The third-order valence-corrected chi connectivity index (χ3v) is 4.12. The highest BCUT2D eigenvalue weighted by atomic mass is 35.5. The highest BCUT2D eigenvalue weighted by molar-refractivity contribution is 7.80. The van der Waals surface area contributed by atoms with E-state index >= 15 is 0 Å². The predicted molar refractivity (Wildman–Crippen MR) is 97.0 cm³/mol. The Kier molecular flexibility index (Phi) is 6.04. The number of para-hydroxylation sites is 1. The average molecular weight is 335 g/mol. The van der Waals surface area contributed by atoms with Crippen LogP contribution >= 0.6 is 23.8 Å². The van der Waals surface area contributed by atoms with Gasteiger partial charge in [0.2, 0.25) is 0 Å². The highest BCUT2D eigenvalue weighted by Gasteiger charge is 2.08. The first kappa shape index (κ1) is 16.6. The molecule has 0 radical (unpaired) electrons. The minimum atomic E-state index is 0.566. The monoisotopic (exact) mass is 334 g/mol. The Morgan fingerprint density at radius 2 is 1.91 bits per heavy atom. The van der Waals surface area contributed by atoms with Crippen LogP contribution < -0.4 is 10.1 Å². The van der Waals surface area contributed by atoms with Crippen LogP contribution in [0, 0.1) is 6.92 Å². The van der Waals surface area contributed by atoms with Crippen molar-refractivity contribution in [1.82, 2.24) is 4.90 Å². The molecule has 5 heteroatoms. The molecule has 0 aliphatic carbocycles. The molecule has 0 spiro atoms. The van der Waals surface area contributed by atoms with Gasteiger partial charge in [-0.05, 0) is 49.0 Å². The second kappa shape index (κ2) is 8.01. The van der Waals surface area contributed by atoms with Crippen LogP contribution in [0.15, 0.2) is 48.5 Å². The molecule has 22 heavy (non-hydrogen) atoms. The van der Waals surface area contributed by atoms with E-state index in [1.165, 1.54) is 0 Å². The van der Waals surface area contributed by atoms with E-state index in [4.69, 9.17) is 28.6 Å². The van der Waals surface area contributed by atoms with Gasteiger partial charge in [0, 0.05) is 17.8 Å². The van der Waals surface area contributed by atoms with Crippen LogP contribution in [0.2, 0.25) is 5.02 Å². The lowest BCUT2D eigenvalue weighted by molar-refractivity contribution is 0.285. The van der Waals surface area contributed by atoms with E-state index in [9.17, 15) is 0 Å². The van der Waals surface area contributed by atoms with Crippen molar-refractivity contribution in [2.45, 2.75) is 6.92 Å². The van der Waals surface area contributed by atoms with Crippen LogP contribution in [0.4, 0.5) is 5.69 Å². The zero-order valence-corrected chi connectivity index (χ0v) is 14.2. The molecule has 1 N–H and O–H groups in total. The Morgan fingerprint density at radius 1 is 1.18 bits per heavy atom. The fraction of sp³-hybridized carbons (Fsp3) is 0.235. The molecule has 0 bridgehead atoms. The van der Waals surface area contributed by atoms with Gasteiger partial charge in [-0.15, -0.1) is 0 Å². The van der Waals surface area contributed by atoms with E-state index in [0.717, 1.165) is 22.0 Å². The fourth-order valence-electron chi connectivity index (χ4n) is 1.87. The summed E-state index contributed by atoms with van der Waals surface area (Å²) in [6, 6.07) is 15.5. The van der Waals surface area contributed by atoms with Crippen molar-refractivity contribution in [3.05, 3.63) is 59.1 Å². The molecular weight excluding hydrogens is 316 g/mol. The third kappa shape index (κ3) is 4.61. The lowest BCUT2D eigenvalue weighted by Gasteiger charge is -2.22. The number of rotatable bonds is 5. The van der Waals surface area contributed by atoms with Crippen molar-refractivity contribution in [1.29, 1.82) is 0 Å². The van der Waals surface area contributed by atoms with Crippen LogP contribution in [-0.4, -0.2) is 30.2 Å². The first-order chi connectivity index (χ1) is 10.6. The minimum Gasteiger partial charge on any atom is -0.492 e. The van der Waals surface area contributed by atoms with Crippen LogP contribution in [0.3, 0.4) is 0 Å². The normalized spacial score (nSPS) is 10.1. The maximum absolute atomic E-state index is 6.11. The van der Waals surface area contributed by atoms with Gasteiger partial charge in [-0.3, -0.25) is 0 Å². The van der Waals surface area contributed by atoms with E-state index in [2.05, 4.69) is 5.32 Å². The van der Waals surface area contributed by atoms with Crippen molar-refractivity contribution < 1.29 is 4.74 Å². The Hall–Kier alpha value is -1.78. The summed E-state index contributed by atoms with van der Waals surface area (Å²) in [6.45, 7) is 3.23. The molecule has 0 atom stereocenters. The van der Waals surface area contributed by atoms with Gasteiger partial charge in [0.25, 0.3) is 0 Å². The van der Waals surface area contributed by atoms with Crippen LogP contribution in [-0.2, 0) is 0 Å². The van der Waals surface area contributed by atoms with Gasteiger partial charge in [-0.1, -0.05) is 35.9 Å². The lowest BCUT2D eigenvalue weighted by atomic mass is 10.2. The number of nitrogens with zero attached hydrogens (tertiary/aromatic N) is 1. The molecule has 0 heterocycles. The van der Waals surface area contributed by atoms with Gasteiger partial charge in [-0.2, -0.15) is 0 Å². The topological polar surface area (TPSA) is 24.5 Å². The summed E-state index contributed by atoms with van der Waals surface area (Å²) in [5.41, 5.74) is 1.91. The molecule has 0 aliphatic heterocycles. The molecule has 0 unspecified atom stereocenters. The zero-order valence-electron chi connectivity index (χ0n) is 12.7. The van der Waals surface area contributed by atoms with Gasteiger partial charge < -0.3 is 15.0 Å². The minimum absolute atomic E-state index is 0.566.